The first-order valence-electron chi connectivity index (χ1n) is 7.16. The highest BCUT2D eigenvalue weighted by molar-refractivity contribution is 14.0. The molecule has 1 aromatic heterocycles. The number of nitrogens with zero attached hydrogens (tertiary/aromatic N) is 3. The Morgan fingerprint density at radius 2 is 2.00 bits per heavy atom. The van der Waals surface area contributed by atoms with Crippen LogP contribution in [0.3, 0.4) is 0 Å². The highest BCUT2D eigenvalue weighted by Crippen LogP contribution is 2.12. The van der Waals surface area contributed by atoms with Gasteiger partial charge in [-0.15, -0.1) is 24.0 Å². The van der Waals surface area contributed by atoms with E-state index in [0.29, 0.717) is 24.1 Å². The molecule has 0 radical (unpaired) electrons. The van der Waals surface area contributed by atoms with Crippen LogP contribution in [0.25, 0.3) is 0 Å². The Balaban J connectivity index is 0.00000288. The third-order valence-corrected chi connectivity index (χ3v) is 3.30. The lowest BCUT2D eigenvalue weighted by molar-refractivity contribution is 0.0668. The zero-order valence-corrected chi connectivity index (χ0v) is 16.1. The standard InChI is InChI=1S/C15H18ClF2N5.HI/c1-2-19-15(21-9-11-3-5-12(16)6-4-11)22-10-13-20-7-8-23(13)14(17)18;/h3-8,14H,2,9-10H2,1H3,(H2,19,21,22);1H. The second kappa shape index (κ2) is 10.4. The van der Waals surface area contributed by atoms with Crippen LogP contribution < -0.4 is 10.6 Å². The van der Waals surface area contributed by atoms with E-state index in [4.69, 9.17) is 11.6 Å². The third-order valence-electron chi connectivity index (χ3n) is 3.05. The van der Waals surface area contributed by atoms with E-state index in [9.17, 15) is 8.78 Å². The van der Waals surface area contributed by atoms with Gasteiger partial charge in [-0.3, -0.25) is 4.57 Å². The highest BCUT2D eigenvalue weighted by Gasteiger charge is 2.11. The molecule has 0 saturated carbocycles. The van der Waals surface area contributed by atoms with Crippen LogP contribution in [0.5, 0.6) is 0 Å². The monoisotopic (exact) mass is 469 g/mol. The van der Waals surface area contributed by atoms with Crippen LogP contribution in [0, 0.1) is 0 Å². The molecule has 0 bridgehead atoms. The van der Waals surface area contributed by atoms with Crippen molar-refractivity contribution in [1.82, 2.24) is 20.2 Å². The van der Waals surface area contributed by atoms with Gasteiger partial charge >= 0.3 is 6.55 Å². The summed E-state index contributed by atoms with van der Waals surface area (Å²) >= 11 is 5.84. The van der Waals surface area contributed by atoms with Crippen molar-refractivity contribution in [1.29, 1.82) is 0 Å². The lowest BCUT2D eigenvalue weighted by Crippen LogP contribution is -2.37. The Bertz CT molecular complexity index is 646. The number of hydrogen-bond donors (Lipinski definition) is 2. The molecular formula is C15H19ClF2IN5. The summed E-state index contributed by atoms with van der Waals surface area (Å²) in [5.74, 6) is 0.781. The molecule has 24 heavy (non-hydrogen) atoms. The van der Waals surface area contributed by atoms with Gasteiger partial charge < -0.3 is 10.6 Å². The first-order chi connectivity index (χ1) is 11.1. The molecule has 2 rings (SSSR count). The molecule has 0 fully saturated rings. The lowest BCUT2D eigenvalue weighted by Gasteiger charge is -2.12. The Morgan fingerprint density at radius 3 is 2.62 bits per heavy atom. The molecule has 1 heterocycles. The summed E-state index contributed by atoms with van der Waals surface area (Å²) < 4.78 is 26.4. The summed E-state index contributed by atoms with van der Waals surface area (Å²) in [4.78, 5) is 8.33. The number of hydrogen-bond acceptors (Lipinski definition) is 2. The van der Waals surface area contributed by atoms with Crippen molar-refractivity contribution in [3.8, 4) is 0 Å². The maximum Gasteiger partial charge on any atom is 0.319 e. The second-order valence-corrected chi connectivity index (χ2v) is 5.14. The summed E-state index contributed by atoms with van der Waals surface area (Å²) in [5, 5.41) is 6.73. The average Bonchev–Trinajstić information content (AvgIpc) is 3.00. The Morgan fingerprint density at radius 1 is 1.29 bits per heavy atom. The van der Waals surface area contributed by atoms with E-state index in [1.165, 1.54) is 12.4 Å². The van der Waals surface area contributed by atoms with E-state index in [2.05, 4.69) is 20.6 Å². The number of halogens is 4. The highest BCUT2D eigenvalue weighted by atomic mass is 127. The van der Waals surface area contributed by atoms with Crippen molar-refractivity contribution in [2.45, 2.75) is 26.6 Å². The molecule has 5 nitrogen and oxygen atoms in total. The van der Waals surface area contributed by atoms with Crippen molar-refractivity contribution in [3.05, 3.63) is 53.1 Å². The van der Waals surface area contributed by atoms with Crippen LogP contribution >= 0.6 is 35.6 Å². The molecule has 0 atom stereocenters. The van der Waals surface area contributed by atoms with Gasteiger partial charge in [-0.1, -0.05) is 23.7 Å². The van der Waals surface area contributed by atoms with Crippen LogP contribution in [0.15, 0.2) is 41.7 Å². The predicted octanol–water partition coefficient (Wildman–Crippen LogP) is 3.80. The number of aromatic nitrogens is 2. The fourth-order valence-electron chi connectivity index (χ4n) is 1.92. The average molecular weight is 470 g/mol. The van der Waals surface area contributed by atoms with Crippen molar-refractivity contribution < 1.29 is 8.78 Å². The van der Waals surface area contributed by atoms with Crippen LogP contribution in [0.4, 0.5) is 8.78 Å². The maximum absolute atomic E-state index is 12.8. The molecule has 0 unspecified atom stereocenters. The molecule has 0 saturated heterocycles. The SMILES string of the molecule is CCNC(=NCc1ccc(Cl)cc1)NCc1nccn1C(F)F.I. The fourth-order valence-corrected chi connectivity index (χ4v) is 2.05. The summed E-state index contributed by atoms with van der Waals surface area (Å²) in [6.07, 6.45) is 2.60. The van der Waals surface area contributed by atoms with Gasteiger partial charge in [-0.05, 0) is 24.6 Å². The van der Waals surface area contributed by atoms with Gasteiger partial charge in [0.1, 0.15) is 5.82 Å². The van der Waals surface area contributed by atoms with Crippen LogP contribution in [0.2, 0.25) is 5.02 Å². The van der Waals surface area contributed by atoms with Gasteiger partial charge in [0.05, 0.1) is 13.1 Å². The van der Waals surface area contributed by atoms with E-state index >= 15 is 0 Å². The minimum absolute atomic E-state index is 0. The van der Waals surface area contributed by atoms with Crippen LogP contribution in [0.1, 0.15) is 24.9 Å². The van der Waals surface area contributed by atoms with Gasteiger partial charge in [-0.2, -0.15) is 8.78 Å². The number of rotatable bonds is 6. The van der Waals surface area contributed by atoms with Crippen molar-refractivity contribution in [2.75, 3.05) is 6.54 Å². The number of benzene rings is 1. The number of imidazole rings is 1. The number of guanidine groups is 1. The molecular weight excluding hydrogens is 451 g/mol. The van der Waals surface area contributed by atoms with Crippen LogP contribution in [-0.2, 0) is 13.1 Å². The molecule has 132 valence electrons. The third kappa shape index (κ3) is 6.23. The van der Waals surface area contributed by atoms with Crippen molar-refractivity contribution in [3.63, 3.8) is 0 Å². The van der Waals surface area contributed by atoms with Gasteiger partial charge in [0.25, 0.3) is 0 Å². The zero-order chi connectivity index (χ0) is 16.7. The Kier molecular flexibility index (Phi) is 8.98. The van der Waals surface area contributed by atoms with E-state index in [1.54, 1.807) is 12.1 Å². The van der Waals surface area contributed by atoms with Crippen molar-refractivity contribution in [2.24, 2.45) is 4.99 Å². The zero-order valence-electron chi connectivity index (χ0n) is 13.0. The van der Waals surface area contributed by atoms with Gasteiger partial charge in [0.2, 0.25) is 0 Å². The van der Waals surface area contributed by atoms with Gasteiger partial charge in [0, 0.05) is 24.0 Å². The summed E-state index contributed by atoms with van der Waals surface area (Å²) in [6.45, 7) is 0.595. The summed E-state index contributed by atoms with van der Waals surface area (Å²) in [5.41, 5.74) is 1.00. The second-order valence-electron chi connectivity index (χ2n) is 4.70. The number of alkyl halides is 2. The first-order valence-corrected chi connectivity index (χ1v) is 7.54. The van der Waals surface area contributed by atoms with E-state index in [0.717, 1.165) is 10.1 Å². The quantitative estimate of drug-likeness (QED) is 0.384. The smallest absolute Gasteiger partial charge is 0.319 e. The topological polar surface area (TPSA) is 54.2 Å². The predicted molar refractivity (Wildman–Crippen MR) is 102 cm³/mol. The van der Waals surface area contributed by atoms with Gasteiger partial charge in [-0.25, -0.2) is 9.98 Å². The normalized spacial score (nSPS) is 11.3. The Labute approximate surface area is 161 Å². The number of nitrogens with one attached hydrogen (secondary N) is 2. The van der Waals surface area contributed by atoms with Crippen LogP contribution in [-0.4, -0.2) is 22.1 Å². The fraction of sp³-hybridized carbons (Fsp3) is 0.333. The molecule has 0 spiro atoms. The minimum atomic E-state index is -2.61. The summed E-state index contributed by atoms with van der Waals surface area (Å²) in [6, 6.07) is 7.37. The largest absolute Gasteiger partial charge is 0.357 e. The molecule has 0 aliphatic rings. The lowest BCUT2D eigenvalue weighted by atomic mass is 10.2. The van der Waals surface area contributed by atoms with E-state index in [-0.39, 0.29) is 36.3 Å². The molecule has 9 heteroatoms. The molecule has 0 aliphatic carbocycles. The summed E-state index contributed by atoms with van der Waals surface area (Å²) in [7, 11) is 0. The Hall–Kier alpha value is -1.42. The minimum Gasteiger partial charge on any atom is -0.357 e. The van der Waals surface area contributed by atoms with Crippen molar-refractivity contribution >= 4 is 41.5 Å². The molecule has 2 aromatic rings. The van der Waals surface area contributed by atoms with E-state index in [1.807, 2.05) is 19.1 Å². The molecule has 0 amide bonds. The molecule has 1 aromatic carbocycles. The first kappa shape index (κ1) is 20.6. The van der Waals surface area contributed by atoms with E-state index < -0.39 is 6.55 Å². The van der Waals surface area contributed by atoms with Gasteiger partial charge in [0.15, 0.2) is 5.96 Å². The number of aliphatic imine (C=N–C) groups is 1. The molecule has 2 N–H and O–H groups in total. The maximum atomic E-state index is 12.8. The molecule has 0 aliphatic heterocycles.